The molecule has 1 aromatic rings. The second kappa shape index (κ2) is 5.45. The second-order valence-electron chi connectivity index (χ2n) is 4.28. The summed E-state index contributed by atoms with van der Waals surface area (Å²) in [6.07, 6.45) is 1.07. The molecule has 1 atom stereocenters. The maximum absolute atomic E-state index is 11.6. The molecule has 0 N–H and O–H groups in total. The number of benzene rings is 1. The standard InChI is InChI=1S/C13H17BrO/c1-9(2)8-11-4-6-12(7-5-11)13(15)10(3)14/h4-7,9-10H,8H2,1-3H3/t10-/m1/s1. The van der Waals surface area contributed by atoms with Gasteiger partial charge in [0.1, 0.15) is 0 Å². The number of alkyl halides is 1. The van der Waals surface area contributed by atoms with Crippen LogP contribution in [-0.2, 0) is 6.42 Å². The molecule has 0 heterocycles. The third kappa shape index (κ3) is 3.78. The van der Waals surface area contributed by atoms with Gasteiger partial charge in [-0.05, 0) is 24.8 Å². The van der Waals surface area contributed by atoms with Crippen LogP contribution in [0.25, 0.3) is 0 Å². The minimum absolute atomic E-state index is 0.103. The Bertz CT molecular complexity index is 325. The maximum atomic E-state index is 11.6. The number of carbonyl (C=O) groups is 1. The Balaban J connectivity index is 2.76. The first kappa shape index (κ1) is 12.4. The molecule has 0 amide bonds. The molecule has 1 aromatic carbocycles. The molecule has 0 spiro atoms. The monoisotopic (exact) mass is 268 g/mol. The van der Waals surface area contributed by atoms with Crippen molar-refractivity contribution in [3.63, 3.8) is 0 Å². The van der Waals surface area contributed by atoms with Crippen molar-refractivity contribution in [2.45, 2.75) is 32.0 Å². The fourth-order valence-electron chi connectivity index (χ4n) is 1.51. The van der Waals surface area contributed by atoms with Crippen molar-refractivity contribution in [2.24, 2.45) is 5.92 Å². The van der Waals surface area contributed by atoms with E-state index in [2.05, 4.69) is 29.8 Å². The van der Waals surface area contributed by atoms with Crippen LogP contribution < -0.4 is 0 Å². The molecular weight excluding hydrogens is 252 g/mol. The molecule has 0 unspecified atom stereocenters. The van der Waals surface area contributed by atoms with Crippen molar-refractivity contribution in [3.8, 4) is 0 Å². The van der Waals surface area contributed by atoms with Crippen molar-refractivity contribution in [2.75, 3.05) is 0 Å². The quantitative estimate of drug-likeness (QED) is 0.599. The molecule has 1 nitrogen and oxygen atoms in total. The van der Waals surface area contributed by atoms with Crippen LogP contribution in [-0.4, -0.2) is 10.6 Å². The number of Topliss-reactive ketones (excluding diaryl/α,β-unsaturated/α-hetero) is 1. The van der Waals surface area contributed by atoms with Gasteiger partial charge in [0.2, 0.25) is 0 Å². The Morgan fingerprint density at radius 3 is 2.13 bits per heavy atom. The van der Waals surface area contributed by atoms with Gasteiger partial charge in [0, 0.05) is 5.56 Å². The highest BCUT2D eigenvalue weighted by Crippen LogP contribution is 2.13. The summed E-state index contributed by atoms with van der Waals surface area (Å²) in [5.74, 6) is 0.799. The predicted molar refractivity (Wildman–Crippen MR) is 67.7 cm³/mol. The number of hydrogen-bond acceptors (Lipinski definition) is 1. The van der Waals surface area contributed by atoms with E-state index in [0.29, 0.717) is 5.92 Å². The zero-order valence-corrected chi connectivity index (χ0v) is 11.0. The maximum Gasteiger partial charge on any atom is 0.176 e. The van der Waals surface area contributed by atoms with E-state index in [9.17, 15) is 4.79 Å². The van der Waals surface area contributed by atoms with Crippen LogP contribution in [0.15, 0.2) is 24.3 Å². The van der Waals surface area contributed by atoms with Crippen molar-refractivity contribution < 1.29 is 4.79 Å². The van der Waals surface area contributed by atoms with E-state index in [1.807, 2.05) is 31.2 Å². The zero-order chi connectivity index (χ0) is 11.4. The smallest absolute Gasteiger partial charge is 0.176 e. The third-order valence-electron chi connectivity index (χ3n) is 2.24. The van der Waals surface area contributed by atoms with Gasteiger partial charge in [-0.3, -0.25) is 4.79 Å². The summed E-state index contributed by atoms with van der Waals surface area (Å²) in [4.78, 5) is 11.5. The van der Waals surface area contributed by atoms with Crippen molar-refractivity contribution in [3.05, 3.63) is 35.4 Å². The fourth-order valence-corrected chi connectivity index (χ4v) is 1.77. The van der Waals surface area contributed by atoms with E-state index in [4.69, 9.17) is 0 Å². The van der Waals surface area contributed by atoms with Crippen LogP contribution in [0.4, 0.5) is 0 Å². The number of halogens is 1. The van der Waals surface area contributed by atoms with E-state index in [-0.39, 0.29) is 10.6 Å². The first-order valence-corrected chi connectivity index (χ1v) is 6.19. The van der Waals surface area contributed by atoms with Crippen LogP contribution in [0.2, 0.25) is 0 Å². The minimum Gasteiger partial charge on any atom is -0.293 e. The van der Waals surface area contributed by atoms with Gasteiger partial charge in [-0.15, -0.1) is 0 Å². The van der Waals surface area contributed by atoms with Gasteiger partial charge in [0.15, 0.2) is 5.78 Å². The molecule has 2 heteroatoms. The molecule has 82 valence electrons. The molecule has 0 aliphatic heterocycles. The second-order valence-corrected chi connectivity index (χ2v) is 5.65. The highest BCUT2D eigenvalue weighted by Gasteiger charge is 2.11. The van der Waals surface area contributed by atoms with Crippen LogP contribution in [0, 0.1) is 5.92 Å². The van der Waals surface area contributed by atoms with Crippen LogP contribution in [0.3, 0.4) is 0 Å². The van der Waals surface area contributed by atoms with Crippen molar-refractivity contribution >= 4 is 21.7 Å². The summed E-state index contributed by atoms with van der Waals surface area (Å²) in [6, 6.07) is 7.92. The van der Waals surface area contributed by atoms with Gasteiger partial charge in [0.05, 0.1) is 4.83 Å². The molecule has 0 saturated carbocycles. The van der Waals surface area contributed by atoms with Gasteiger partial charge in [-0.2, -0.15) is 0 Å². The molecule has 15 heavy (non-hydrogen) atoms. The number of ketones is 1. The summed E-state index contributed by atoms with van der Waals surface area (Å²) in [6.45, 7) is 6.24. The van der Waals surface area contributed by atoms with E-state index in [0.717, 1.165) is 12.0 Å². The summed E-state index contributed by atoms with van der Waals surface area (Å²) >= 11 is 3.29. The molecule has 1 rings (SSSR count). The summed E-state index contributed by atoms with van der Waals surface area (Å²) in [7, 11) is 0. The summed E-state index contributed by atoms with van der Waals surface area (Å²) in [5, 5.41) is 0. The molecule has 0 saturated heterocycles. The van der Waals surface area contributed by atoms with E-state index >= 15 is 0 Å². The predicted octanol–water partition coefficient (Wildman–Crippen LogP) is 3.85. The van der Waals surface area contributed by atoms with Gasteiger partial charge >= 0.3 is 0 Å². The largest absolute Gasteiger partial charge is 0.293 e. The summed E-state index contributed by atoms with van der Waals surface area (Å²) < 4.78 is 0. The van der Waals surface area contributed by atoms with E-state index in [1.165, 1.54) is 5.56 Å². The van der Waals surface area contributed by atoms with Gasteiger partial charge in [-0.1, -0.05) is 54.0 Å². The van der Waals surface area contributed by atoms with Crippen LogP contribution >= 0.6 is 15.9 Å². The zero-order valence-electron chi connectivity index (χ0n) is 9.46. The highest BCUT2D eigenvalue weighted by molar-refractivity contribution is 9.10. The Kier molecular flexibility index (Phi) is 4.52. The third-order valence-corrected chi connectivity index (χ3v) is 2.66. The average Bonchev–Trinajstić information content (AvgIpc) is 2.17. The fraction of sp³-hybridized carbons (Fsp3) is 0.462. The highest BCUT2D eigenvalue weighted by atomic mass is 79.9. The Morgan fingerprint density at radius 1 is 1.20 bits per heavy atom. The molecule has 0 radical (unpaired) electrons. The first-order valence-electron chi connectivity index (χ1n) is 5.28. The molecule has 0 aliphatic carbocycles. The normalized spacial score (nSPS) is 12.9. The molecule has 0 fully saturated rings. The van der Waals surface area contributed by atoms with Gasteiger partial charge in [-0.25, -0.2) is 0 Å². The van der Waals surface area contributed by atoms with Crippen LogP contribution in [0.1, 0.15) is 36.7 Å². The summed E-state index contributed by atoms with van der Waals surface area (Å²) in [5.41, 5.74) is 2.08. The number of carbonyl (C=O) groups excluding carboxylic acids is 1. The molecule has 0 aliphatic rings. The molecular formula is C13H17BrO. The molecule has 0 bridgehead atoms. The van der Waals surface area contributed by atoms with Crippen molar-refractivity contribution in [1.29, 1.82) is 0 Å². The van der Waals surface area contributed by atoms with E-state index in [1.54, 1.807) is 0 Å². The SMILES string of the molecule is CC(C)Cc1ccc(C(=O)[C@@H](C)Br)cc1. The Labute approximate surface area is 100 Å². The lowest BCUT2D eigenvalue weighted by Crippen LogP contribution is -2.09. The lowest BCUT2D eigenvalue weighted by atomic mass is 10.0. The average molecular weight is 269 g/mol. The first-order chi connectivity index (χ1) is 7.00. The van der Waals surface area contributed by atoms with Crippen LogP contribution in [0.5, 0.6) is 0 Å². The van der Waals surface area contributed by atoms with E-state index < -0.39 is 0 Å². The molecule has 0 aromatic heterocycles. The minimum atomic E-state index is -0.103. The van der Waals surface area contributed by atoms with Gasteiger partial charge < -0.3 is 0 Å². The topological polar surface area (TPSA) is 17.1 Å². The Hall–Kier alpha value is -0.630. The van der Waals surface area contributed by atoms with Gasteiger partial charge in [0.25, 0.3) is 0 Å². The number of hydrogen-bond donors (Lipinski definition) is 0. The Morgan fingerprint density at radius 2 is 1.73 bits per heavy atom. The lowest BCUT2D eigenvalue weighted by molar-refractivity contribution is 0.0996. The number of rotatable bonds is 4. The lowest BCUT2D eigenvalue weighted by Gasteiger charge is -2.06. The van der Waals surface area contributed by atoms with Crippen molar-refractivity contribution in [1.82, 2.24) is 0 Å².